The Kier molecular flexibility index (Phi) is 8.06. The number of aromatic nitrogens is 4. The molecule has 0 spiro atoms. The van der Waals surface area contributed by atoms with Gasteiger partial charge in [-0.2, -0.15) is 13.2 Å². The van der Waals surface area contributed by atoms with Crippen LogP contribution in [0.5, 0.6) is 0 Å². The van der Waals surface area contributed by atoms with E-state index in [4.69, 9.17) is 0 Å². The average molecular weight is 482 g/mol. The van der Waals surface area contributed by atoms with Crippen LogP contribution in [0.1, 0.15) is 45.1 Å². The molecule has 0 saturated carbocycles. The normalized spacial score (nSPS) is 11.8. The summed E-state index contributed by atoms with van der Waals surface area (Å²) in [7, 11) is -3.06. The average Bonchev–Trinajstić information content (AvgIpc) is 3.33. The van der Waals surface area contributed by atoms with Gasteiger partial charge in [-0.15, -0.1) is 5.10 Å². The van der Waals surface area contributed by atoms with Crippen LogP contribution in [0.3, 0.4) is 0 Å². The molecule has 1 aromatic heterocycles. The highest BCUT2D eigenvalue weighted by Crippen LogP contribution is 2.40. The van der Waals surface area contributed by atoms with Crippen molar-refractivity contribution >= 4 is 16.4 Å². The first-order valence-electron chi connectivity index (χ1n) is 10.7. The Balaban J connectivity index is 2.26. The van der Waals surface area contributed by atoms with E-state index >= 15 is 0 Å². The van der Waals surface area contributed by atoms with Crippen molar-refractivity contribution in [1.82, 2.24) is 20.6 Å². The van der Waals surface area contributed by atoms with Gasteiger partial charge in [-0.3, -0.25) is 0 Å². The molecule has 1 heterocycles. The minimum Gasteiger partial charge on any atom is -0.371 e. The number of H-pyrrole nitrogens is 1. The number of unbranched alkanes of at least 4 members (excludes halogenated alkanes) is 2. The van der Waals surface area contributed by atoms with E-state index in [2.05, 4.69) is 39.4 Å². The van der Waals surface area contributed by atoms with Gasteiger partial charge in [0.1, 0.15) is 0 Å². The highest BCUT2D eigenvalue weighted by Gasteiger charge is 2.30. The van der Waals surface area contributed by atoms with Crippen LogP contribution in [0.25, 0.3) is 22.5 Å². The van der Waals surface area contributed by atoms with Crippen molar-refractivity contribution in [2.24, 2.45) is 0 Å². The van der Waals surface area contributed by atoms with Crippen LogP contribution in [0, 0.1) is 0 Å². The Morgan fingerprint density at radius 1 is 0.970 bits per heavy atom. The molecule has 0 radical (unpaired) electrons. The largest absolute Gasteiger partial charge is 0.416 e. The molecule has 1 N–H and O–H groups in total. The first-order chi connectivity index (χ1) is 15.8. The number of hydrogen-bond donors (Lipinski definition) is 2. The van der Waals surface area contributed by atoms with Crippen LogP contribution in [-0.2, 0) is 16.9 Å². The number of rotatable bonds is 10. The third kappa shape index (κ3) is 5.89. The number of alkyl halides is 3. The van der Waals surface area contributed by atoms with Gasteiger partial charge in [0.25, 0.3) is 0 Å². The topological polar surface area (TPSA) is 91.8 Å². The first kappa shape index (κ1) is 24.7. The summed E-state index contributed by atoms with van der Waals surface area (Å²) in [6, 6.07) is 7.81. The van der Waals surface area contributed by atoms with Gasteiger partial charge in [0.05, 0.1) is 10.5 Å². The van der Waals surface area contributed by atoms with Gasteiger partial charge in [-0.1, -0.05) is 38.8 Å². The molecule has 11 heteroatoms. The van der Waals surface area contributed by atoms with Gasteiger partial charge in [0.2, 0.25) is 0 Å². The summed E-state index contributed by atoms with van der Waals surface area (Å²) in [5, 5.41) is 13.7. The highest BCUT2D eigenvalue weighted by atomic mass is 32.2. The first-order valence-corrected chi connectivity index (χ1v) is 11.9. The Hall–Kier alpha value is -2.95. The molecule has 0 aliphatic heterocycles. The van der Waals surface area contributed by atoms with E-state index in [0.29, 0.717) is 41.3 Å². The summed E-state index contributed by atoms with van der Waals surface area (Å²) in [5.41, 5.74) is 1.09. The Labute approximate surface area is 192 Å². The van der Waals surface area contributed by atoms with Crippen molar-refractivity contribution in [3.8, 4) is 22.5 Å². The molecular formula is C22H26F3N5O2S. The molecule has 0 bridgehead atoms. The van der Waals surface area contributed by atoms with E-state index in [1.54, 1.807) is 6.07 Å². The number of benzene rings is 2. The van der Waals surface area contributed by atoms with E-state index in [9.17, 15) is 21.6 Å². The number of nitrogens with zero attached hydrogens (tertiary/aromatic N) is 4. The second-order valence-electron chi connectivity index (χ2n) is 7.67. The Morgan fingerprint density at radius 3 is 2.09 bits per heavy atom. The monoisotopic (exact) mass is 481 g/mol. The summed E-state index contributed by atoms with van der Waals surface area (Å²) in [4.78, 5) is 2.10. The van der Waals surface area contributed by atoms with Crippen molar-refractivity contribution in [2.75, 3.05) is 18.0 Å². The minimum atomic E-state index is -4.48. The van der Waals surface area contributed by atoms with Gasteiger partial charge in [-0.25, -0.2) is 13.5 Å². The van der Waals surface area contributed by atoms with E-state index in [1.165, 1.54) is 18.2 Å². The molecule has 0 saturated heterocycles. The molecule has 0 amide bonds. The fraction of sp³-hybridized carbons (Fsp3) is 0.409. The van der Waals surface area contributed by atoms with Crippen LogP contribution in [0.4, 0.5) is 18.9 Å². The summed E-state index contributed by atoms with van der Waals surface area (Å²) in [6.07, 6.45) is -0.850. The standard InChI is InChI=1S/C22H26F3N5O2S/c1-3-5-11-30(12-6-4-2)18-13-16(21-26-28-29-27-21)14-19(33(31)32)20(18)15-7-9-17(10-8-15)22(23,24)25/h7-10,13-14,33H,3-6,11-12H2,1-2H3,(H,26,27,28,29). The lowest BCUT2D eigenvalue weighted by Crippen LogP contribution is -2.26. The summed E-state index contributed by atoms with van der Waals surface area (Å²) in [5.74, 6) is 0.305. The number of nitrogens with one attached hydrogen (secondary N) is 1. The van der Waals surface area contributed by atoms with Crippen LogP contribution in [-0.4, -0.2) is 42.1 Å². The van der Waals surface area contributed by atoms with E-state index in [-0.39, 0.29) is 4.90 Å². The minimum absolute atomic E-state index is 0.00616. The molecular weight excluding hydrogens is 455 g/mol. The lowest BCUT2D eigenvalue weighted by molar-refractivity contribution is -0.137. The van der Waals surface area contributed by atoms with Crippen molar-refractivity contribution in [2.45, 2.75) is 50.6 Å². The third-order valence-electron chi connectivity index (χ3n) is 5.32. The van der Waals surface area contributed by atoms with Crippen LogP contribution >= 0.6 is 0 Å². The van der Waals surface area contributed by atoms with E-state index in [0.717, 1.165) is 37.8 Å². The smallest absolute Gasteiger partial charge is 0.371 e. The van der Waals surface area contributed by atoms with Gasteiger partial charge in [0.15, 0.2) is 16.5 Å². The number of anilines is 1. The third-order valence-corrected chi connectivity index (χ3v) is 6.06. The molecule has 0 unspecified atom stereocenters. The molecule has 0 atom stereocenters. The number of tetrazole rings is 1. The predicted molar refractivity (Wildman–Crippen MR) is 121 cm³/mol. The Morgan fingerprint density at radius 2 is 1.61 bits per heavy atom. The molecule has 178 valence electrons. The molecule has 0 aliphatic carbocycles. The van der Waals surface area contributed by atoms with E-state index < -0.39 is 22.4 Å². The van der Waals surface area contributed by atoms with Gasteiger partial charge < -0.3 is 4.90 Å². The summed E-state index contributed by atoms with van der Waals surface area (Å²) < 4.78 is 63.9. The zero-order valence-corrected chi connectivity index (χ0v) is 19.3. The molecule has 2 aromatic carbocycles. The maximum Gasteiger partial charge on any atom is 0.416 e. The van der Waals surface area contributed by atoms with Crippen molar-refractivity contribution in [1.29, 1.82) is 0 Å². The molecule has 3 aromatic rings. The van der Waals surface area contributed by atoms with Gasteiger partial charge in [0, 0.05) is 29.9 Å². The second kappa shape index (κ2) is 10.8. The highest BCUT2D eigenvalue weighted by molar-refractivity contribution is 7.72. The van der Waals surface area contributed by atoms with E-state index in [1.807, 2.05) is 0 Å². The number of hydrogen-bond acceptors (Lipinski definition) is 6. The number of thiol groups is 1. The molecule has 0 fully saturated rings. The van der Waals surface area contributed by atoms with Gasteiger partial charge >= 0.3 is 6.18 Å². The zero-order chi connectivity index (χ0) is 24.0. The van der Waals surface area contributed by atoms with Crippen LogP contribution in [0.15, 0.2) is 41.3 Å². The van der Waals surface area contributed by atoms with Crippen LogP contribution < -0.4 is 4.90 Å². The quantitative estimate of drug-likeness (QED) is 0.399. The second-order valence-corrected chi connectivity index (χ2v) is 8.66. The van der Waals surface area contributed by atoms with Crippen molar-refractivity contribution < 1.29 is 21.6 Å². The maximum absolute atomic E-state index is 13.1. The zero-order valence-electron chi connectivity index (χ0n) is 18.4. The predicted octanol–water partition coefficient (Wildman–Crippen LogP) is 4.93. The summed E-state index contributed by atoms with van der Waals surface area (Å²) in [6.45, 7) is 5.48. The molecule has 0 aliphatic rings. The lowest BCUT2D eigenvalue weighted by atomic mass is 9.98. The fourth-order valence-electron chi connectivity index (χ4n) is 3.60. The van der Waals surface area contributed by atoms with Crippen molar-refractivity contribution in [3.05, 3.63) is 42.0 Å². The lowest BCUT2D eigenvalue weighted by Gasteiger charge is -2.28. The summed E-state index contributed by atoms with van der Waals surface area (Å²) >= 11 is 0. The molecule has 7 nitrogen and oxygen atoms in total. The van der Waals surface area contributed by atoms with Crippen molar-refractivity contribution in [3.63, 3.8) is 0 Å². The number of halogens is 3. The van der Waals surface area contributed by atoms with Gasteiger partial charge in [-0.05, 0) is 53.1 Å². The maximum atomic E-state index is 13.1. The SMILES string of the molecule is CCCCN(CCCC)c1cc(-c2nnn[nH]2)cc([SH](=O)=O)c1-c1ccc(C(F)(F)F)cc1. The number of aromatic amines is 1. The van der Waals surface area contributed by atoms with Crippen LogP contribution in [0.2, 0.25) is 0 Å². The fourth-order valence-corrected chi connectivity index (χ4v) is 4.27. The molecule has 3 rings (SSSR count). The molecule has 33 heavy (non-hydrogen) atoms. The Bertz CT molecular complexity index is 1110.